The number of aromatic nitrogens is 1. The molecule has 0 aliphatic heterocycles. The number of ether oxygens (including phenoxy) is 1. The lowest BCUT2D eigenvalue weighted by Gasteiger charge is -2.05. The Balaban J connectivity index is 2.39. The molecule has 14 heavy (non-hydrogen) atoms. The molecular formula is C10H14N2O2. The molecule has 0 aliphatic rings. The van der Waals surface area contributed by atoms with Gasteiger partial charge in [-0.15, -0.1) is 0 Å². The smallest absolute Gasteiger partial charge is 0.319 e. The summed E-state index contributed by atoms with van der Waals surface area (Å²) in [6.07, 6.45) is 3.54. The number of nitrogens with one attached hydrogen (secondary N) is 1. The first-order valence-electron chi connectivity index (χ1n) is 4.41. The summed E-state index contributed by atoms with van der Waals surface area (Å²) in [5.41, 5.74) is 2.26. The Morgan fingerprint density at radius 2 is 2.43 bits per heavy atom. The van der Waals surface area contributed by atoms with E-state index >= 15 is 0 Å². The van der Waals surface area contributed by atoms with Gasteiger partial charge in [0.25, 0.3) is 0 Å². The van der Waals surface area contributed by atoms with Gasteiger partial charge in [0, 0.05) is 18.9 Å². The molecular weight excluding hydrogens is 180 g/mol. The number of carbonyl (C=O) groups excluding carboxylic acids is 1. The highest BCUT2D eigenvalue weighted by Gasteiger charge is 2.00. The molecule has 0 unspecified atom stereocenters. The maximum Gasteiger partial charge on any atom is 0.319 e. The number of hydrogen-bond donors (Lipinski definition) is 1. The Hall–Kier alpha value is -1.42. The quantitative estimate of drug-likeness (QED) is 0.715. The van der Waals surface area contributed by atoms with Gasteiger partial charge in [-0.25, -0.2) is 0 Å². The normalized spacial score (nSPS) is 9.86. The second-order valence-corrected chi connectivity index (χ2v) is 2.98. The zero-order chi connectivity index (χ0) is 10.4. The van der Waals surface area contributed by atoms with Crippen LogP contribution in [0, 0.1) is 6.92 Å². The van der Waals surface area contributed by atoms with Gasteiger partial charge in [0.15, 0.2) is 0 Å². The summed E-state index contributed by atoms with van der Waals surface area (Å²) in [7, 11) is 1.38. The fourth-order valence-electron chi connectivity index (χ4n) is 1.07. The average Bonchev–Trinajstić information content (AvgIpc) is 2.20. The van der Waals surface area contributed by atoms with Gasteiger partial charge >= 0.3 is 5.97 Å². The molecule has 1 heterocycles. The maximum absolute atomic E-state index is 10.8. The number of carbonyl (C=O) groups is 1. The molecule has 0 saturated carbocycles. The molecule has 1 rings (SSSR count). The summed E-state index contributed by atoms with van der Waals surface area (Å²) < 4.78 is 4.50. The number of esters is 1. The van der Waals surface area contributed by atoms with E-state index in [1.54, 1.807) is 12.4 Å². The van der Waals surface area contributed by atoms with E-state index in [1.165, 1.54) is 7.11 Å². The highest BCUT2D eigenvalue weighted by Crippen LogP contribution is 2.03. The van der Waals surface area contributed by atoms with E-state index in [2.05, 4.69) is 15.0 Å². The number of aryl methyl sites for hydroxylation is 1. The Kier molecular flexibility index (Phi) is 4.07. The van der Waals surface area contributed by atoms with Crippen LogP contribution in [0.2, 0.25) is 0 Å². The molecule has 1 aromatic rings. The summed E-state index contributed by atoms with van der Waals surface area (Å²) >= 11 is 0. The van der Waals surface area contributed by atoms with Crippen LogP contribution < -0.4 is 5.32 Å². The molecule has 0 radical (unpaired) electrons. The Bertz CT molecular complexity index is 313. The van der Waals surface area contributed by atoms with Crippen molar-refractivity contribution >= 4 is 5.97 Å². The first-order valence-corrected chi connectivity index (χ1v) is 4.41. The van der Waals surface area contributed by atoms with Crippen molar-refractivity contribution in [2.75, 3.05) is 13.7 Å². The lowest BCUT2D eigenvalue weighted by atomic mass is 10.1. The highest BCUT2D eigenvalue weighted by molar-refractivity contribution is 5.71. The predicted octanol–water partition coefficient (Wildman–Crippen LogP) is 0.653. The second kappa shape index (κ2) is 5.34. The van der Waals surface area contributed by atoms with Gasteiger partial charge < -0.3 is 10.1 Å². The molecule has 1 aromatic heterocycles. The SMILES string of the molecule is COC(=O)CNCc1ccncc1C. The molecule has 0 amide bonds. The molecule has 0 aromatic carbocycles. The predicted molar refractivity (Wildman–Crippen MR) is 52.7 cm³/mol. The highest BCUT2D eigenvalue weighted by atomic mass is 16.5. The number of rotatable bonds is 4. The van der Waals surface area contributed by atoms with Gasteiger partial charge in [-0.2, -0.15) is 0 Å². The minimum absolute atomic E-state index is 0.234. The van der Waals surface area contributed by atoms with E-state index in [0.29, 0.717) is 6.54 Å². The molecule has 76 valence electrons. The van der Waals surface area contributed by atoms with Crippen molar-refractivity contribution in [2.24, 2.45) is 0 Å². The average molecular weight is 194 g/mol. The van der Waals surface area contributed by atoms with Crippen LogP contribution in [0.1, 0.15) is 11.1 Å². The van der Waals surface area contributed by atoms with Crippen LogP contribution in [0.15, 0.2) is 18.5 Å². The van der Waals surface area contributed by atoms with Gasteiger partial charge in [0.1, 0.15) is 0 Å². The largest absolute Gasteiger partial charge is 0.468 e. The summed E-state index contributed by atoms with van der Waals surface area (Å²) in [4.78, 5) is 14.8. The van der Waals surface area contributed by atoms with Crippen LogP contribution in [0.4, 0.5) is 0 Å². The van der Waals surface area contributed by atoms with E-state index in [-0.39, 0.29) is 12.5 Å². The third kappa shape index (κ3) is 3.14. The summed E-state index contributed by atoms with van der Waals surface area (Å²) in [6, 6.07) is 1.93. The first kappa shape index (κ1) is 10.7. The van der Waals surface area contributed by atoms with E-state index < -0.39 is 0 Å². The third-order valence-corrected chi connectivity index (χ3v) is 1.95. The standard InChI is InChI=1S/C10H14N2O2/c1-8-5-11-4-3-9(8)6-12-7-10(13)14-2/h3-5,12H,6-7H2,1-2H3. The Morgan fingerprint density at radius 3 is 3.07 bits per heavy atom. The molecule has 0 spiro atoms. The van der Waals surface area contributed by atoms with Crippen molar-refractivity contribution in [1.82, 2.24) is 10.3 Å². The molecule has 0 saturated heterocycles. The van der Waals surface area contributed by atoms with Crippen LogP contribution in [-0.4, -0.2) is 24.6 Å². The third-order valence-electron chi connectivity index (χ3n) is 1.95. The number of methoxy groups -OCH3 is 1. The fourth-order valence-corrected chi connectivity index (χ4v) is 1.07. The zero-order valence-electron chi connectivity index (χ0n) is 8.41. The lowest BCUT2D eigenvalue weighted by molar-refractivity contribution is -0.139. The minimum Gasteiger partial charge on any atom is -0.468 e. The number of nitrogens with zero attached hydrogens (tertiary/aromatic N) is 1. The molecule has 4 nitrogen and oxygen atoms in total. The van der Waals surface area contributed by atoms with Gasteiger partial charge in [-0.3, -0.25) is 9.78 Å². The second-order valence-electron chi connectivity index (χ2n) is 2.98. The summed E-state index contributed by atoms with van der Waals surface area (Å²) in [6.45, 7) is 2.88. The van der Waals surface area contributed by atoms with Crippen LogP contribution >= 0.6 is 0 Å². The first-order chi connectivity index (χ1) is 6.74. The molecule has 0 fully saturated rings. The molecule has 4 heteroatoms. The van der Waals surface area contributed by atoms with Crippen LogP contribution in [0.25, 0.3) is 0 Å². The van der Waals surface area contributed by atoms with Crippen LogP contribution in [0.5, 0.6) is 0 Å². The van der Waals surface area contributed by atoms with Crippen LogP contribution in [-0.2, 0) is 16.1 Å². The molecule has 1 N–H and O–H groups in total. The van der Waals surface area contributed by atoms with Crippen molar-refractivity contribution in [2.45, 2.75) is 13.5 Å². The van der Waals surface area contributed by atoms with Crippen molar-refractivity contribution in [1.29, 1.82) is 0 Å². The molecule has 0 atom stereocenters. The summed E-state index contributed by atoms with van der Waals surface area (Å²) in [5.74, 6) is -0.253. The zero-order valence-corrected chi connectivity index (χ0v) is 8.41. The van der Waals surface area contributed by atoms with Crippen molar-refractivity contribution in [3.05, 3.63) is 29.6 Å². The fraction of sp³-hybridized carbons (Fsp3) is 0.400. The topological polar surface area (TPSA) is 51.2 Å². The van der Waals surface area contributed by atoms with E-state index in [1.807, 2.05) is 13.0 Å². The molecule has 0 aliphatic carbocycles. The van der Waals surface area contributed by atoms with Gasteiger partial charge in [-0.05, 0) is 24.1 Å². The molecule has 0 bridgehead atoms. The van der Waals surface area contributed by atoms with Crippen molar-refractivity contribution in [3.8, 4) is 0 Å². The Morgan fingerprint density at radius 1 is 1.64 bits per heavy atom. The van der Waals surface area contributed by atoms with Crippen molar-refractivity contribution in [3.63, 3.8) is 0 Å². The Labute approximate surface area is 83.3 Å². The van der Waals surface area contributed by atoms with E-state index in [9.17, 15) is 4.79 Å². The monoisotopic (exact) mass is 194 g/mol. The van der Waals surface area contributed by atoms with E-state index in [0.717, 1.165) is 11.1 Å². The number of hydrogen-bond acceptors (Lipinski definition) is 4. The van der Waals surface area contributed by atoms with Gasteiger partial charge in [0.05, 0.1) is 13.7 Å². The summed E-state index contributed by atoms with van der Waals surface area (Å²) in [5, 5.41) is 2.99. The number of pyridine rings is 1. The van der Waals surface area contributed by atoms with Gasteiger partial charge in [0.2, 0.25) is 0 Å². The lowest BCUT2D eigenvalue weighted by Crippen LogP contribution is -2.23. The maximum atomic E-state index is 10.8. The van der Waals surface area contributed by atoms with Crippen molar-refractivity contribution < 1.29 is 9.53 Å². The van der Waals surface area contributed by atoms with E-state index in [4.69, 9.17) is 0 Å². The van der Waals surface area contributed by atoms with Crippen LogP contribution in [0.3, 0.4) is 0 Å². The minimum atomic E-state index is -0.253. The van der Waals surface area contributed by atoms with Gasteiger partial charge in [-0.1, -0.05) is 0 Å².